The summed E-state index contributed by atoms with van der Waals surface area (Å²) in [5, 5.41) is 8.90. The number of unbranched alkanes of at least 4 members (excludes halogenated alkanes) is 2. The van der Waals surface area contributed by atoms with Crippen LogP contribution in [-0.2, 0) is 12.8 Å². The zero-order chi connectivity index (χ0) is 50.6. The van der Waals surface area contributed by atoms with Crippen LogP contribution in [0.1, 0.15) is 50.7 Å². The highest BCUT2D eigenvalue weighted by Crippen LogP contribution is 2.43. The highest BCUT2D eigenvalue weighted by atomic mass is 79.9. The average Bonchev–Trinajstić information content (AvgIpc) is 4.31. The van der Waals surface area contributed by atoms with Crippen molar-refractivity contribution in [2.75, 3.05) is 0 Å². The van der Waals surface area contributed by atoms with Crippen molar-refractivity contribution in [3.8, 4) is 11.4 Å². The Labute approximate surface area is 458 Å². The van der Waals surface area contributed by atoms with Crippen LogP contribution in [0.5, 0.6) is 0 Å². The molecule has 0 spiro atoms. The number of hydrogen-bond acceptors (Lipinski definition) is 5. The minimum atomic E-state index is 1.04. The van der Waals surface area contributed by atoms with Gasteiger partial charge in [-0.1, -0.05) is 113 Å². The first-order chi connectivity index (χ1) is 36.9. The number of rotatable bonds is 8. The van der Waals surface area contributed by atoms with Gasteiger partial charge in [-0.2, -0.15) is 0 Å². The maximum Gasteiger partial charge on any atom is 0.0963 e. The second-order valence-corrected chi connectivity index (χ2v) is 23.1. The summed E-state index contributed by atoms with van der Waals surface area (Å²) in [6.07, 6.45) is 12.7. The number of halogens is 2. The van der Waals surface area contributed by atoms with Gasteiger partial charge in [0.1, 0.15) is 0 Å². The Kier molecular flexibility index (Phi) is 12.8. The molecular formula is C65H50Br2N6S2. The molecule has 0 unspecified atom stereocenters. The van der Waals surface area contributed by atoms with Crippen LogP contribution < -0.4 is 0 Å². The van der Waals surface area contributed by atoms with Gasteiger partial charge in [0.05, 0.1) is 44.1 Å². The molecule has 8 aromatic heterocycles. The van der Waals surface area contributed by atoms with Crippen molar-refractivity contribution in [2.45, 2.75) is 52.4 Å². The summed E-state index contributed by atoms with van der Waals surface area (Å²) >= 11 is 11.1. The van der Waals surface area contributed by atoms with E-state index in [0.29, 0.717) is 0 Å². The van der Waals surface area contributed by atoms with Crippen LogP contribution in [0.3, 0.4) is 0 Å². The standard InChI is InChI=1S/C38H28N4S.C16H14Br2S.C11H8N2/c1-2-3-10-24-21-26(42-32-14-7-5-12-28(32)37-34(42)16-9-20-40-37)23-30-29-22-25(17-18-35(29)43-38(24)30)41-31-13-6-4-11-27(31)36-33(41)15-8-19-39-36;1-2-3-4-10-7-12(18)9-14-13-8-11(17)5-6-15(13)19-16(10)14;1-2-5-9-8(4-1)11-10(13-9)6-3-7-12-11/h4-9,11-23H,2-3,10H2,1H3;5-9H,2-4H2,1H3;1-7,13H. The molecule has 1 N–H and O–H groups in total. The molecule has 0 bridgehead atoms. The predicted octanol–water partition coefficient (Wildman–Crippen LogP) is 20.0. The molecule has 0 amide bonds. The Morgan fingerprint density at radius 2 is 0.907 bits per heavy atom. The summed E-state index contributed by atoms with van der Waals surface area (Å²) in [7, 11) is 0. The van der Waals surface area contributed by atoms with Crippen molar-refractivity contribution >= 4 is 161 Å². The highest BCUT2D eigenvalue weighted by molar-refractivity contribution is 9.10. The van der Waals surface area contributed by atoms with E-state index < -0.39 is 0 Å². The lowest BCUT2D eigenvalue weighted by atomic mass is 10.0. The summed E-state index contributed by atoms with van der Waals surface area (Å²) in [4.78, 5) is 17.2. The molecule has 0 fully saturated rings. The minimum absolute atomic E-state index is 1.04. The van der Waals surface area contributed by atoms with Crippen molar-refractivity contribution < 1.29 is 0 Å². The normalized spacial score (nSPS) is 11.8. The van der Waals surface area contributed by atoms with Crippen LogP contribution in [0.15, 0.2) is 197 Å². The van der Waals surface area contributed by atoms with Crippen molar-refractivity contribution in [1.29, 1.82) is 0 Å². The van der Waals surface area contributed by atoms with Gasteiger partial charge in [-0.15, -0.1) is 22.7 Å². The van der Waals surface area contributed by atoms with Gasteiger partial charge in [-0.25, -0.2) is 0 Å². The Hall–Kier alpha value is -7.21. The third-order valence-electron chi connectivity index (χ3n) is 14.4. The summed E-state index contributed by atoms with van der Waals surface area (Å²) in [5.74, 6) is 0. The Morgan fingerprint density at radius 1 is 0.413 bits per heavy atom. The maximum absolute atomic E-state index is 4.79. The molecule has 0 atom stereocenters. The third kappa shape index (κ3) is 8.58. The SMILES string of the molecule is CCCCc1cc(-n2c3ccccc3c3ncccc32)cc2c1sc1ccc(-n3c4ccccc4c4ncccc43)cc12.CCCCc1cc(Br)cc2c1sc1ccc(Br)cc12.c1ccc2c(c1)[nH]c1cccnc12. The van der Waals surface area contributed by atoms with E-state index in [1.54, 1.807) is 0 Å². The third-order valence-corrected chi connectivity index (χ3v) is 17.9. The number of fused-ring (bicyclic) bond motifs is 15. The fraction of sp³-hybridized carbons (Fsp3) is 0.123. The lowest BCUT2D eigenvalue weighted by Crippen LogP contribution is -1.97. The number of H-pyrrole nitrogens is 1. The smallest absolute Gasteiger partial charge is 0.0963 e. The second kappa shape index (κ2) is 20.1. The van der Waals surface area contributed by atoms with E-state index in [1.807, 2.05) is 77.7 Å². The number of para-hydroxylation sites is 3. The number of pyridine rings is 3. The zero-order valence-corrected chi connectivity index (χ0v) is 46.3. The molecule has 75 heavy (non-hydrogen) atoms. The maximum atomic E-state index is 4.79. The topological polar surface area (TPSA) is 64.3 Å². The van der Waals surface area contributed by atoms with Crippen LogP contribution >= 0.6 is 54.5 Å². The Morgan fingerprint density at radius 3 is 1.57 bits per heavy atom. The van der Waals surface area contributed by atoms with E-state index >= 15 is 0 Å². The van der Waals surface area contributed by atoms with Gasteiger partial charge in [0, 0.05) is 101 Å². The van der Waals surface area contributed by atoms with Crippen molar-refractivity contribution in [3.05, 3.63) is 209 Å². The fourth-order valence-electron chi connectivity index (χ4n) is 11.0. The number of nitrogens with zero attached hydrogens (tertiary/aromatic N) is 5. The number of hydrogen-bond donors (Lipinski definition) is 1. The summed E-state index contributed by atoms with van der Waals surface area (Å²) in [6, 6.07) is 60.7. The molecule has 6 nitrogen and oxygen atoms in total. The largest absolute Gasteiger partial charge is 0.353 e. The number of benzene rings is 7. The van der Waals surface area contributed by atoms with Gasteiger partial charge >= 0.3 is 0 Å². The number of nitrogens with one attached hydrogen (secondary N) is 1. The number of aromatic nitrogens is 6. The molecule has 0 aliphatic rings. The van der Waals surface area contributed by atoms with Crippen molar-refractivity contribution in [3.63, 3.8) is 0 Å². The molecular weight excluding hydrogens is 1090 g/mol. The van der Waals surface area contributed by atoms with Gasteiger partial charge < -0.3 is 14.1 Å². The number of aryl methyl sites for hydroxylation is 2. The van der Waals surface area contributed by atoms with Crippen LogP contribution in [0.25, 0.3) is 118 Å². The predicted molar refractivity (Wildman–Crippen MR) is 329 cm³/mol. The van der Waals surface area contributed by atoms with Gasteiger partial charge in [-0.05, 0) is 152 Å². The van der Waals surface area contributed by atoms with Gasteiger partial charge in [0.25, 0.3) is 0 Å². The number of thiophene rings is 2. The first kappa shape index (κ1) is 47.5. The lowest BCUT2D eigenvalue weighted by molar-refractivity contribution is 0.799. The van der Waals surface area contributed by atoms with E-state index in [2.05, 4.69) is 198 Å². The van der Waals surface area contributed by atoms with Gasteiger partial charge in [-0.3, -0.25) is 15.0 Å². The molecule has 15 aromatic rings. The molecule has 10 heteroatoms. The van der Waals surface area contributed by atoms with Crippen LogP contribution in [0.4, 0.5) is 0 Å². The summed E-state index contributed by atoms with van der Waals surface area (Å²) in [5.41, 5.74) is 15.3. The van der Waals surface area contributed by atoms with Crippen LogP contribution in [0, 0.1) is 0 Å². The molecule has 366 valence electrons. The fourth-order valence-corrected chi connectivity index (χ4v) is 14.2. The molecule has 0 saturated heterocycles. The average molecular weight is 1140 g/mol. The van der Waals surface area contributed by atoms with E-state index in [0.717, 1.165) is 55.2 Å². The molecule has 0 aliphatic carbocycles. The van der Waals surface area contributed by atoms with Gasteiger partial charge in [0.15, 0.2) is 0 Å². The molecule has 0 saturated carbocycles. The first-order valence-corrected chi connectivity index (χ1v) is 29.0. The summed E-state index contributed by atoms with van der Waals surface area (Å²) < 4.78 is 12.6. The van der Waals surface area contributed by atoms with E-state index in [1.165, 1.54) is 121 Å². The molecule has 0 radical (unpaired) electrons. The van der Waals surface area contributed by atoms with E-state index in [9.17, 15) is 0 Å². The molecule has 15 rings (SSSR count). The molecule has 8 heterocycles. The lowest BCUT2D eigenvalue weighted by Gasteiger charge is -2.12. The van der Waals surface area contributed by atoms with Gasteiger partial charge in [0.2, 0.25) is 0 Å². The second-order valence-electron chi connectivity index (χ2n) is 19.2. The van der Waals surface area contributed by atoms with Crippen LogP contribution in [-0.4, -0.2) is 29.1 Å². The number of aromatic amines is 1. The van der Waals surface area contributed by atoms with Crippen LogP contribution in [0.2, 0.25) is 0 Å². The quantitative estimate of drug-likeness (QED) is 0.165. The van der Waals surface area contributed by atoms with E-state index in [-0.39, 0.29) is 0 Å². The zero-order valence-electron chi connectivity index (χ0n) is 41.4. The Bertz CT molecular complexity index is 4480. The molecule has 7 aromatic carbocycles. The van der Waals surface area contributed by atoms with E-state index in [4.69, 9.17) is 9.97 Å². The first-order valence-electron chi connectivity index (χ1n) is 25.7. The summed E-state index contributed by atoms with van der Waals surface area (Å²) in [6.45, 7) is 4.52. The van der Waals surface area contributed by atoms with Crippen molar-refractivity contribution in [2.24, 2.45) is 0 Å². The minimum Gasteiger partial charge on any atom is -0.353 e. The molecule has 0 aliphatic heterocycles. The highest BCUT2D eigenvalue weighted by Gasteiger charge is 2.19. The monoisotopic (exact) mass is 1140 g/mol. The van der Waals surface area contributed by atoms with Crippen molar-refractivity contribution in [1.82, 2.24) is 29.1 Å². The Balaban J connectivity index is 0.000000137.